The molecular weight excluding hydrogens is 633 g/mol. The van der Waals surface area contributed by atoms with Gasteiger partial charge in [0.2, 0.25) is 5.76 Å². The fourth-order valence-electron chi connectivity index (χ4n) is 6.31. The minimum atomic E-state index is -1.89. The Morgan fingerprint density at radius 2 is 1.71 bits per heavy atom. The van der Waals surface area contributed by atoms with Crippen molar-refractivity contribution in [3.8, 4) is 5.75 Å². The van der Waals surface area contributed by atoms with Crippen LogP contribution in [0.3, 0.4) is 0 Å². The number of hydrogen-bond acceptors (Lipinski definition) is 7. The number of hydrogen-bond donors (Lipinski definition) is 0. The average Bonchev–Trinajstić information content (AvgIpc) is 3.64. The molecule has 4 heterocycles. The van der Waals surface area contributed by atoms with Crippen LogP contribution in [0, 0.1) is 0 Å². The van der Waals surface area contributed by atoms with E-state index in [0.29, 0.717) is 39.2 Å². The van der Waals surface area contributed by atoms with E-state index in [1.807, 2.05) is 37.3 Å². The normalized spacial score (nSPS) is 17.1. The van der Waals surface area contributed by atoms with E-state index in [-0.39, 0.29) is 34.0 Å². The second kappa shape index (κ2) is 10.2. The molecule has 0 bridgehead atoms. The van der Waals surface area contributed by atoms with Gasteiger partial charge in [0.25, 0.3) is 11.8 Å². The Labute approximate surface area is 270 Å². The molecule has 45 heavy (non-hydrogen) atoms. The number of benzene rings is 4. The molecule has 0 fully saturated rings. The van der Waals surface area contributed by atoms with Gasteiger partial charge in [-0.05, 0) is 67.1 Å². The molecule has 4 aromatic carbocycles. The number of fused-ring (bicyclic) bond motifs is 6. The molecule has 0 saturated heterocycles. The molecule has 1 atom stereocenters. The summed E-state index contributed by atoms with van der Waals surface area (Å²) in [5.74, 6) is -0.670. The molecule has 0 N–H and O–H groups in total. The molecule has 0 aliphatic carbocycles. The van der Waals surface area contributed by atoms with Gasteiger partial charge in [-0.1, -0.05) is 64.9 Å². The predicted molar refractivity (Wildman–Crippen MR) is 175 cm³/mol. The van der Waals surface area contributed by atoms with Crippen molar-refractivity contribution in [2.45, 2.75) is 19.0 Å². The van der Waals surface area contributed by atoms with Crippen LogP contribution in [0.4, 0.5) is 10.8 Å². The molecule has 0 saturated carbocycles. The molecule has 6 aromatic rings. The first kappa shape index (κ1) is 27.8. The number of amides is 2. The fourth-order valence-corrected chi connectivity index (χ4v) is 7.65. The Hall–Kier alpha value is -4.70. The summed E-state index contributed by atoms with van der Waals surface area (Å²) in [6.45, 7) is 2.56. The molecule has 11 heteroatoms. The molecule has 0 radical (unpaired) electrons. The molecule has 2 amide bonds. The molecule has 2 aliphatic rings. The van der Waals surface area contributed by atoms with Gasteiger partial charge < -0.3 is 14.1 Å². The number of para-hydroxylation sites is 1. The van der Waals surface area contributed by atoms with Gasteiger partial charge in [-0.25, -0.2) is 4.98 Å². The van der Waals surface area contributed by atoms with Gasteiger partial charge >= 0.3 is 0 Å². The van der Waals surface area contributed by atoms with Crippen LogP contribution in [-0.4, -0.2) is 23.4 Å². The number of anilines is 2. The van der Waals surface area contributed by atoms with Crippen molar-refractivity contribution >= 4 is 78.4 Å². The summed E-state index contributed by atoms with van der Waals surface area (Å²) >= 11 is 13.7. The van der Waals surface area contributed by atoms with Crippen molar-refractivity contribution in [3.05, 3.63) is 128 Å². The van der Waals surface area contributed by atoms with Crippen molar-refractivity contribution in [2.24, 2.45) is 0 Å². The Morgan fingerprint density at radius 1 is 0.933 bits per heavy atom. The third kappa shape index (κ3) is 3.97. The van der Waals surface area contributed by atoms with Crippen molar-refractivity contribution in [2.75, 3.05) is 16.4 Å². The number of aromatic nitrogens is 1. The van der Waals surface area contributed by atoms with E-state index in [0.717, 1.165) is 10.3 Å². The summed E-state index contributed by atoms with van der Waals surface area (Å²) in [4.78, 5) is 51.9. The van der Waals surface area contributed by atoms with E-state index >= 15 is 4.79 Å². The molecule has 8 rings (SSSR count). The number of nitrogens with zero attached hydrogens (tertiary/aromatic N) is 3. The lowest BCUT2D eigenvalue weighted by Crippen LogP contribution is -2.53. The number of halogens is 2. The van der Waals surface area contributed by atoms with Crippen molar-refractivity contribution in [3.63, 3.8) is 0 Å². The number of carbonyl (C=O) groups excluding carboxylic acids is 2. The Balaban J connectivity index is 1.42. The maximum atomic E-state index is 15.1. The van der Waals surface area contributed by atoms with Crippen LogP contribution in [0.5, 0.6) is 5.75 Å². The maximum Gasteiger partial charge on any atom is 0.297 e. The van der Waals surface area contributed by atoms with Gasteiger partial charge in [0.15, 0.2) is 16.1 Å². The van der Waals surface area contributed by atoms with Gasteiger partial charge in [-0.15, -0.1) is 0 Å². The molecule has 1 unspecified atom stereocenters. The second-order valence-corrected chi connectivity index (χ2v) is 12.6. The molecule has 2 aliphatic heterocycles. The van der Waals surface area contributed by atoms with Crippen LogP contribution in [-0.2, 0) is 16.9 Å². The summed E-state index contributed by atoms with van der Waals surface area (Å²) in [5.41, 5.74) is 0.196. The van der Waals surface area contributed by atoms with E-state index in [2.05, 4.69) is 0 Å². The topological polar surface area (TPSA) is 93.0 Å². The minimum absolute atomic E-state index is 0.0624. The summed E-state index contributed by atoms with van der Waals surface area (Å²) in [5, 5.41) is 1.30. The van der Waals surface area contributed by atoms with Crippen LogP contribution in [0.1, 0.15) is 34.2 Å². The van der Waals surface area contributed by atoms with Gasteiger partial charge in [-0.2, -0.15) is 0 Å². The summed E-state index contributed by atoms with van der Waals surface area (Å²) in [6.07, 6.45) is 0. The zero-order chi connectivity index (χ0) is 31.0. The van der Waals surface area contributed by atoms with E-state index in [4.69, 9.17) is 37.3 Å². The average molecular weight is 655 g/mol. The quantitative estimate of drug-likeness (QED) is 0.191. The van der Waals surface area contributed by atoms with E-state index in [1.165, 1.54) is 22.3 Å². The lowest BCUT2D eigenvalue weighted by Gasteiger charge is -2.32. The Morgan fingerprint density at radius 3 is 2.51 bits per heavy atom. The highest BCUT2D eigenvalue weighted by molar-refractivity contribution is 7.22. The van der Waals surface area contributed by atoms with Crippen LogP contribution in [0.25, 0.3) is 21.2 Å². The zero-order valence-electron chi connectivity index (χ0n) is 23.5. The lowest BCUT2D eigenvalue weighted by atomic mass is 9.84. The SMILES string of the molecule is CCOc1ccc2nc(N3C(=O)c4oc5ccc(Cl)cc5c(=O)c4C34C(=O)N(Cc3ccc(Cl)cc3)c3ccccc34)sc2c1. The van der Waals surface area contributed by atoms with E-state index in [1.54, 1.807) is 53.4 Å². The van der Waals surface area contributed by atoms with Gasteiger partial charge in [0.05, 0.1) is 40.0 Å². The highest BCUT2D eigenvalue weighted by Crippen LogP contribution is 2.55. The summed E-state index contributed by atoms with van der Waals surface area (Å²) < 4.78 is 12.6. The first-order valence-corrected chi connectivity index (χ1v) is 15.7. The second-order valence-electron chi connectivity index (χ2n) is 10.7. The number of thiazole rings is 1. The van der Waals surface area contributed by atoms with E-state index < -0.39 is 22.8 Å². The van der Waals surface area contributed by atoms with Crippen LogP contribution < -0.4 is 20.0 Å². The number of ether oxygens (including phenoxy) is 1. The highest BCUT2D eigenvalue weighted by atomic mass is 35.5. The van der Waals surface area contributed by atoms with Crippen LogP contribution in [0.2, 0.25) is 10.0 Å². The van der Waals surface area contributed by atoms with Crippen molar-refractivity contribution < 1.29 is 18.7 Å². The number of rotatable bonds is 5. The molecule has 2 aromatic heterocycles. The molecule has 1 spiro atoms. The van der Waals surface area contributed by atoms with Crippen LogP contribution >= 0.6 is 34.5 Å². The molecular formula is C34H21Cl2N3O5S. The van der Waals surface area contributed by atoms with Gasteiger partial charge in [-0.3, -0.25) is 19.3 Å². The summed E-state index contributed by atoms with van der Waals surface area (Å²) in [7, 11) is 0. The van der Waals surface area contributed by atoms with Gasteiger partial charge in [0, 0.05) is 15.6 Å². The van der Waals surface area contributed by atoms with E-state index in [9.17, 15) is 9.59 Å². The molecule has 222 valence electrons. The summed E-state index contributed by atoms with van der Waals surface area (Å²) in [6, 6.07) is 24.4. The van der Waals surface area contributed by atoms with Crippen molar-refractivity contribution in [1.29, 1.82) is 0 Å². The largest absolute Gasteiger partial charge is 0.494 e. The smallest absolute Gasteiger partial charge is 0.297 e. The third-order valence-electron chi connectivity index (χ3n) is 8.19. The first-order valence-electron chi connectivity index (χ1n) is 14.1. The maximum absolute atomic E-state index is 15.1. The standard InChI is InChI=1S/C34H21Cl2N3O5S/c1-2-43-21-12-13-24-27(16-21)45-33(37-24)39-31(41)30-28(29(40)22-15-20(36)11-14-26(22)44-30)34(39)23-5-3-4-6-25(23)38(32(34)42)17-18-7-9-19(35)10-8-18/h3-16H,2,17H2,1H3. The Kier molecular flexibility index (Phi) is 6.29. The van der Waals surface area contributed by atoms with Crippen LogP contribution in [0.15, 0.2) is 94.1 Å². The zero-order valence-corrected chi connectivity index (χ0v) is 25.9. The molecule has 8 nitrogen and oxygen atoms in total. The monoisotopic (exact) mass is 653 g/mol. The highest BCUT2D eigenvalue weighted by Gasteiger charge is 2.66. The van der Waals surface area contributed by atoms with Gasteiger partial charge in [0.1, 0.15) is 11.3 Å². The third-order valence-corrected chi connectivity index (χ3v) is 9.68. The Bertz CT molecular complexity index is 2280. The minimum Gasteiger partial charge on any atom is -0.494 e. The number of carbonyl (C=O) groups is 2. The predicted octanol–water partition coefficient (Wildman–Crippen LogP) is 7.56. The lowest BCUT2D eigenvalue weighted by molar-refractivity contribution is -0.121. The van der Waals surface area contributed by atoms with Crippen molar-refractivity contribution in [1.82, 2.24) is 4.98 Å². The fraction of sp³-hybridized carbons (Fsp3) is 0.118. The first-order chi connectivity index (χ1) is 21.8.